The summed E-state index contributed by atoms with van der Waals surface area (Å²) in [6.07, 6.45) is 0. The molecule has 4 heteroatoms. The first-order chi connectivity index (χ1) is 1.91. The summed E-state index contributed by atoms with van der Waals surface area (Å²) >= 11 is 0. The minimum absolute atomic E-state index is 0. The molecule has 0 saturated carbocycles. The molecule has 3 nitrogen and oxygen atoms in total. The average Bonchev–Trinajstić information content (AvgIpc) is 1.37. The van der Waals surface area contributed by atoms with E-state index in [2.05, 4.69) is 0 Å². The van der Waals surface area contributed by atoms with Gasteiger partial charge in [0, 0.05) is 6.54 Å². The standard InChI is InChI=1S/C2H7NO.Mg.H3N.2H/c3-1-2-4;;;;/h4H,1-3H2;;1H3;;/q;+2;;2*-1. The Labute approximate surface area is 56.6 Å². The molecule has 0 unspecified atom stereocenters. The molecule has 38 valence electrons. The first-order valence-electron chi connectivity index (χ1n) is 1.22. The summed E-state index contributed by atoms with van der Waals surface area (Å²) in [6, 6.07) is 0. The third kappa shape index (κ3) is 22.8. The van der Waals surface area contributed by atoms with Crippen molar-refractivity contribution in [1.82, 2.24) is 6.15 Å². The SMILES string of the molecule is N.NCCO.[H-].[H-].[Mg+2]. The summed E-state index contributed by atoms with van der Waals surface area (Å²) in [7, 11) is 0. The van der Waals surface area contributed by atoms with Crippen LogP contribution in [0.2, 0.25) is 0 Å². The normalized spacial score (nSPS) is 5.00. The number of rotatable bonds is 1. The summed E-state index contributed by atoms with van der Waals surface area (Å²) < 4.78 is 0. The van der Waals surface area contributed by atoms with Crippen molar-refractivity contribution >= 4 is 23.1 Å². The molecule has 0 radical (unpaired) electrons. The number of nitrogens with two attached hydrogens (primary N) is 1. The fourth-order valence-electron chi connectivity index (χ4n) is 0. The van der Waals surface area contributed by atoms with Crippen LogP contribution in [0.4, 0.5) is 0 Å². The first kappa shape index (κ1) is 15.9. The third-order valence-corrected chi connectivity index (χ3v) is 0.129. The van der Waals surface area contributed by atoms with Crippen molar-refractivity contribution in [3.05, 3.63) is 0 Å². The van der Waals surface area contributed by atoms with Gasteiger partial charge >= 0.3 is 23.1 Å². The van der Waals surface area contributed by atoms with Crippen LogP contribution in [-0.2, 0) is 0 Å². The smallest absolute Gasteiger partial charge is 1.00 e. The average molecular weight is 104 g/mol. The Bertz CT molecular complexity index is 20.0. The van der Waals surface area contributed by atoms with E-state index in [1.807, 2.05) is 0 Å². The van der Waals surface area contributed by atoms with E-state index >= 15 is 0 Å². The Hall–Kier alpha value is 0.646. The van der Waals surface area contributed by atoms with Gasteiger partial charge in [0.15, 0.2) is 0 Å². The maximum atomic E-state index is 7.75. The predicted octanol–water partition coefficient (Wildman–Crippen LogP) is -1.06. The Morgan fingerprint density at radius 2 is 1.83 bits per heavy atom. The molecular weight excluding hydrogens is 92.3 g/mol. The monoisotopic (exact) mass is 104 g/mol. The number of hydrogen-bond acceptors (Lipinski definition) is 3. The van der Waals surface area contributed by atoms with Gasteiger partial charge in [-0.15, -0.1) is 0 Å². The van der Waals surface area contributed by atoms with Crippen LogP contribution in [0.3, 0.4) is 0 Å². The van der Waals surface area contributed by atoms with Gasteiger partial charge < -0.3 is 19.8 Å². The molecule has 0 heterocycles. The zero-order valence-electron chi connectivity index (χ0n) is 5.85. The van der Waals surface area contributed by atoms with Crippen molar-refractivity contribution in [1.29, 1.82) is 0 Å². The zero-order chi connectivity index (χ0) is 3.41. The molecule has 0 rings (SSSR count). The van der Waals surface area contributed by atoms with Crippen molar-refractivity contribution in [2.45, 2.75) is 0 Å². The van der Waals surface area contributed by atoms with E-state index in [1.165, 1.54) is 0 Å². The van der Waals surface area contributed by atoms with Crippen molar-refractivity contribution in [3.8, 4) is 0 Å². The number of aliphatic hydroxyl groups excluding tert-OH is 1. The van der Waals surface area contributed by atoms with Gasteiger partial charge in [-0.2, -0.15) is 0 Å². The van der Waals surface area contributed by atoms with Crippen LogP contribution >= 0.6 is 0 Å². The predicted molar refractivity (Wildman–Crippen MR) is 29.1 cm³/mol. The fourth-order valence-corrected chi connectivity index (χ4v) is 0. The molecule has 6 N–H and O–H groups in total. The van der Waals surface area contributed by atoms with Crippen LogP contribution in [-0.4, -0.2) is 41.3 Å². The summed E-state index contributed by atoms with van der Waals surface area (Å²) in [4.78, 5) is 0. The minimum Gasteiger partial charge on any atom is -1.00 e. The van der Waals surface area contributed by atoms with Gasteiger partial charge in [0.25, 0.3) is 0 Å². The molecule has 0 aliphatic heterocycles. The van der Waals surface area contributed by atoms with E-state index < -0.39 is 0 Å². The molecule has 0 fully saturated rings. The molecule has 0 aromatic carbocycles. The van der Waals surface area contributed by atoms with E-state index in [-0.39, 0.29) is 38.7 Å². The topological polar surface area (TPSA) is 81.2 Å². The second-order valence-corrected chi connectivity index (χ2v) is 0.512. The molecular formula is C2H12MgN2O. The Balaban J connectivity index is -0.00000000750. The second-order valence-electron chi connectivity index (χ2n) is 0.512. The van der Waals surface area contributed by atoms with Gasteiger partial charge in [0.05, 0.1) is 6.61 Å². The molecule has 0 atom stereocenters. The van der Waals surface area contributed by atoms with Gasteiger partial charge in [-0.25, -0.2) is 0 Å². The maximum Gasteiger partial charge on any atom is 2.00 e. The molecule has 0 aromatic rings. The molecule has 0 aromatic heterocycles. The van der Waals surface area contributed by atoms with Gasteiger partial charge in [0.1, 0.15) is 0 Å². The van der Waals surface area contributed by atoms with Gasteiger partial charge in [-0.3, -0.25) is 0 Å². The van der Waals surface area contributed by atoms with Crippen molar-refractivity contribution in [3.63, 3.8) is 0 Å². The molecule has 0 amide bonds. The first-order valence-corrected chi connectivity index (χ1v) is 1.22. The molecule has 0 spiro atoms. The van der Waals surface area contributed by atoms with E-state index in [9.17, 15) is 0 Å². The van der Waals surface area contributed by atoms with Crippen LogP contribution < -0.4 is 11.9 Å². The van der Waals surface area contributed by atoms with E-state index in [0.29, 0.717) is 6.54 Å². The fraction of sp³-hybridized carbons (Fsp3) is 1.00. The Morgan fingerprint density at radius 3 is 1.83 bits per heavy atom. The maximum absolute atomic E-state index is 7.75. The van der Waals surface area contributed by atoms with E-state index in [1.54, 1.807) is 0 Å². The minimum atomic E-state index is 0. The van der Waals surface area contributed by atoms with Gasteiger partial charge in [-0.05, 0) is 0 Å². The molecule has 0 bridgehead atoms. The van der Waals surface area contributed by atoms with E-state index in [0.717, 1.165) is 0 Å². The summed E-state index contributed by atoms with van der Waals surface area (Å²) in [6.45, 7) is 0.472. The molecule has 0 aliphatic rings. The van der Waals surface area contributed by atoms with Gasteiger partial charge in [-0.1, -0.05) is 0 Å². The Kier molecular flexibility index (Phi) is 46.2. The second kappa shape index (κ2) is 17.4. The quantitative estimate of drug-likeness (QED) is 0.371. The van der Waals surface area contributed by atoms with Crippen molar-refractivity contribution in [2.24, 2.45) is 5.73 Å². The molecule has 0 saturated heterocycles. The zero-order valence-corrected chi connectivity index (χ0v) is 5.27. The largest absolute Gasteiger partial charge is 2.00 e. The third-order valence-electron chi connectivity index (χ3n) is 0.129. The van der Waals surface area contributed by atoms with Crippen LogP contribution in [0, 0.1) is 0 Å². The van der Waals surface area contributed by atoms with Gasteiger partial charge in [0.2, 0.25) is 0 Å². The summed E-state index contributed by atoms with van der Waals surface area (Å²) in [5.41, 5.74) is 4.78. The van der Waals surface area contributed by atoms with Crippen LogP contribution in [0.1, 0.15) is 2.85 Å². The Morgan fingerprint density at radius 1 is 1.67 bits per heavy atom. The van der Waals surface area contributed by atoms with Crippen LogP contribution in [0.25, 0.3) is 0 Å². The molecule has 0 aliphatic carbocycles. The van der Waals surface area contributed by atoms with Crippen molar-refractivity contribution < 1.29 is 7.96 Å². The summed E-state index contributed by atoms with van der Waals surface area (Å²) in [5, 5.41) is 7.75. The van der Waals surface area contributed by atoms with Crippen LogP contribution in [0.15, 0.2) is 0 Å². The molecule has 6 heavy (non-hydrogen) atoms. The van der Waals surface area contributed by atoms with Crippen molar-refractivity contribution in [2.75, 3.05) is 13.2 Å². The number of hydrogen-bond donors (Lipinski definition) is 3. The van der Waals surface area contributed by atoms with Crippen LogP contribution in [0.5, 0.6) is 0 Å². The summed E-state index contributed by atoms with van der Waals surface area (Å²) in [5.74, 6) is 0. The van der Waals surface area contributed by atoms with E-state index in [4.69, 9.17) is 10.8 Å². The number of aliphatic hydroxyl groups is 1.